The third kappa shape index (κ3) is 5.23. The molecule has 1 saturated heterocycles. The Hall–Kier alpha value is -2.07. The maximum atomic E-state index is 13.0. The van der Waals surface area contributed by atoms with Crippen LogP contribution in [0, 0.1) is 13.8 Å². The number of sulfonamides is 1. The highest BCUT2D eigenvalue weighted by molar-refractivity contribution is 7.91. The Balaban J connectivity index is 1.37. The lowest BCUT2D eigenvalue weighted by Gasteiger charge is -2.32. The summed E-state index contributed by atoms with van der Waals surface area (Å²) in [6.45, 7) is 5.11. The summed E-state index contributed by atoms with van der Waals surface area (Å²) in [5, 5.41) is 2.70. The largest absolute Gasteiger partial charge is 0.342 e. The van der Waals surface area contributed by atoms with Gasteiger partial charge in [-0.1, -0.05) is 35.9 Å². The van der Waals surface area contributed by atoms with Crippen LogP contribution in [0.15, 0.2) is 46.0 Å². The fourth-order valence-electron chi connectivity index (χ4n) is 3.72. The van der Waals surface area contributed by atoms with E-state index in [4.69, 9.17) is 0 Å². The third-order valence-corrected chi connectivity index (χ3v) is 9.26. The molecule has 9 heteroatoms. The molecule has 1 aromatic carbocycles. The lowest BCUT2D eigenvalue weighted by Crippen LogP contribution is -2.46. The van der Waals surface area contributed by atoms with E-state index < -0.39 is 10.0 Å². The van der Waals surface area contributed by atoms with Crippen molar-refractivity contribution in [3.05, 3.63) is 57.2 Å². The zero-order chi connectivity index (χ0) is 22.0. The minimum absolute atomic E-state index is 0.0663. The number of aryl methyl sites for hydroxylation is 2. The number of rotatable bonds is 6. The number of carbonyl (C=O) groups excluding carboxylic acids is 1. The van der Waals surface area contributed by atoms with Gasteiger partial charge in [-0.15, -0.1) is 22.7 Å². The minimum Gasteiger partial charge on any atom is -0.342 e. The average Bonchev–Trinajstić information content (AvgIpc) is 3.39. The number of carbonyl (C=O) groups is 1. The van der Waals surface area contributed by atoms with Gasteiger partial charge < -0.3 is 4.90 Å². The molecular formula is C22H25N3O3S3. The van der Waals surface area contributed by atoms with Gasteiger partial charge in [0.15, 0.2) is 0 Å². The highest BCUT2D eigenvalue weighted by atomic mass is 32.2. The standard InChI is InChI=1S/C22H25N3O3S3/c1-15-5-7-17(8-6-15)22-19(30-16(2)23-22)14-20(26)25-11-9-18(10-12-25)24-31(27,28)21-4-3-13-29-21/h3-8,13,18,24H,9-12,14H2,1-2H3. The molecule has 1 N–H and O–H groups in total. The third-order valence-electron chi connectivity index (χ3n) is 5.37. The number of piperidine rings is 1. The van der Waals surface area contributed by atoms with Crippen LogP contribution >= 0.6 is 22.7 Å². The summed E-state index contributed by atoms with van der Waals surface area (Å²) in [6, 6.07) is 11.4. The van der Waals surface area contributed by atoms with Crippen LogP contribution in [-0.2, 0) is 21.2 Å². The lowest BCUT2D eigenvalue weighted by molar-refractivity contribution is -0.131. The van der Waals surface area contributed by atoms with Crippen LogP contribution < -0.4 is 4.72 Å². The van der Waals surface area contributed by atoms with Crippen LogP contribution in [0.5, 0.6) is 0 Å². The van der Waals surface area contributed by atoms with E-state index >= 15 is 0 Å². The molecule has 0 unspecified atom stereocenters. The van der Waals surface area contributed by atoms with Crippen LogP contribution in [0.1, 0.15) is 28.3 Å². The average molecular weight is 476 g/mol. The van der Waals surface area contributed by atoms with E-state index in [9.17, 15) is 13.2 Å². The maximum Gasteiger partial charge on any atom is 0.250 e. The summed E-state index contributed by atoms with van der Waals surface area (Å²) < 4.78 is 28.0. The second kappa shape index (κ2) is 9.20. The first-order valence-corrected chi connectivity index (χ1v) is 13.4. The Morgan fingerprint density at radius 1 is 1.16 bits per heavy atom. The molecule has 4 rings (SSSR count). The zero-order valence-corrected chi connectivity index (χ0v) is 19.9. The van der Waals surface area contributed by atoms with Crippen molar-refractivity contribution in [1.29, 1.82) is 0 Å². The Bertz CT molecular complexity index is 1140. The molecule has 3 aromatic rings. The second-order valence-electron chi connectivity index (χ2n) is 7.76. The van der Waals surface area contributed by atoms with Crippen LogP contribution in [0.3, 0.4) is 0 Å². The van der Waals surface area contributed by atoms with Gasteiger partial charge in [-0.3, -0.25) is 4.79 Å². The van der Waals surface area contributed by atoms with E-state index in [0.29, 0.717) is 36.6 Å². The predicted molar refractivity (Wildman–Crippen MR) is 125 cm³/mol. The fraction of sp³-hybridized carbons (Fsp3) is 0.364. The van der Waals surface area contributed by atoms with Crippen LogP contribution in [0.4, 0.5) is 0 Å². The highest BCUT2D eigenvalue weighted by Crippen LogP contribution is 2.29. The van der Waals surface area contributed by atoms with Gasteiger partial charge in [0.05, 0.1) is 17.1 Å². The molecule has 0 bridgehead atoms. The molecule has 6 nitrogen and oxygen atoms in total. The molecule has 0 atom stereocenters. The Morgan fingerprint density at radius 3 is 2.52 bits per heavy atom. The lowest BCUT2D eigenvalue weighted by atomic mass is 10.0. The van der Waals surface area contributed by atoms with Gasteiger partial charge in [0, 0.05) is 29.6 Å². The van der Waals surface area contributed by atoms with Crippen LogP contribution in [0.25, 0.3) is 11.3 Å². The zero-order valence-electron chi connectivity index (χ0n) is 17.5. The van der Waals surface area contributed by atoms with Gasteiger partial charge >= 0.3 is 0 Å². The number of hydrogen-bond donors (Lipinski definition) is 1. The number of amides is 1. The predicted octanol–water partition coefficient (Wildman–Crippen LogP) is 4.00. The van der Waals surface area contributed by atoms with Crippen LogP contribution in [-0.4, -0.2) is 43.3 Å². The minimum atomic E-state index is -3.48. The van der Waals surface area contributed by atoms with Gasteiger partial charge in [-0.2, -0.15) is 0 Å². The van der Waals surface area contributed by atoms with Crippen molar-refractivity contribution in [3.8, 4) is 11.3 Å². The number of nitrogens with zero attached hydrogens (tertiary/aromatic N) is 2. The molecule has 0 aliphatic carbocycles. The molecule has 2 aromatic heterocycles. The second-order valence-corrected chi connectivity index (χ2v) is 11.9. The number of aromatic nitrogens is 1. The summed E-state index contributed by atoms with van der Waals surface area (Å²) >= 11 is 2.77. The molecule has 1 amide bonds. The van der Waals surface area contributed by atoms with Gasteiger partial charge in [-0.25, -0.2) is 18.1 Å². The fourth-order valence-corrected chi connectivity index (χ4v) is 6.98. The Kier molecular flexibility index (Phi) is 6.57. The summed E-state index contributed by atoms with van der Waals surface area (Å²) in [6.07, 6.45) is 1.55. The number of benzene rings is 1. The molecule has 0 radical (unpaired) electrons. The van der Waals surface area contributed by atoms with Crippen molar-refractivity contribution >= 4 is 38.6 Å². The van der Waals surface area contributed by atoms with Gasteiger partial charge in [0.25, 0.3) is 0 Å². The van der Waals surface area contributed by atoms with Crippen LogP contribution in [0.2, 0.25) is 0 Å². The molecule has 31 heavy (non-hydrogen) atoms. The molecule has 164 valence electrons. The SMILES string of the molecule is Cc1ccc(-c2nc(C)sc2CC(=O)N2CCC(NS(=O)(=O)c3cccs3)CC2)cc1. The Morgan fingerprint density at radius 2 is 1.87 bits per heavy atom. The van der Waals surface area contributed by atoms with Gasteiger partial charge in [0.2, 0.25) is 15.9 Å². The summed E-state index contributed by atoms with van der Waals surface area (Å²) in [5.74, 6) is 0.0663. The van der Waals surface area contributed by atoms with E-state index in [0.717, 1.165) is 21.1 Å². The van der Waals surface area contributed by atoms with E-state index in [1.54, 1.807) is 28.8 Å². The monoisotopic (exact) mass is 475 g/mol. The molecule has 1 aliphatic heterocycles. The Labute approximate surface area is 191 Å². The number of thiophene rings is 1. The number of nitrogens with one attached hydrogen (secondary N) is 1. The molecule has 0 saturated carbocycles. The summed E-state index contributed by atoms with van der Waals surface area (Å²) in [4.78, 5) is 20.4. The van der Waals surface area contributed by atoms with Gasteiger partial charge in [-0.05, 0) is 38.1 Å². The van der Waals surface area contributed by atoms with E-state index in [1.165, 1.54) is 16.9 Å². The molecule has 1 aliphatic rings. The molecule has 3 heterocycles. The molecular weight excluding hydrogens is 450 g/mol. The van der Waals surface area contributed by atoms with Crippen molar-refractivity contribution in [2.24, 2.45) is 0 Å². The first-order valence-electron chi connectivity index (χ1n) is 10.2. The van der Waals surface area contributed by atoms with Crippen molar-refractivity contribution in [2.75, 3.05) is 13.1 Å². The number of hydrogen-bond acceptors (Lipinski definition) is 6. The number of likely N-dealkylation sites (tertiary alicyclic amines) is 1. The number of thiazole rings is 1. The van der Waals surface area contributed by atoms with Crippen molar-refractivity contribution in [3.63, 3.8) is 0 Å². The smallest absolute Gasteiger partial charge is 0.250 e. The highest BCUT2D eigenvalue weighted by Gasteiger charge is 2.28. The first kappa shape index (κ1) is 22.1. The first-order chi connectivity index (χ1) is 14.8. The normalized spacial score (nSPS) is 15.4. The van der Waals surface area contributed by atoms with Crippen molar-refractivity contribution < 1.29 is 13.2 Å². The van der Waals surface area contributed by atoms with Crippen molar-refractivity contribution in [2.45, 2.75) is 43.4 Å². The topological polar surface area (TPSA) is 79.4 Å². The molecule has 0 spiro atoms. The quantitative estimate of drug-likeness (QED) is 0.584. The van der Waals surface area contributed by atoms with E-state index in [1.807, 2.05) is 30.9 Å². The van der Waals surface area contributed by atoms with E-state index in [2.05, 4.69) is 21.8 Å². The molecule has 1 fully saturated rings. The van der Waals surface area contributed by atoms with Gasteiger partial charge in [0.1, 0.15) is 4.21 Å². The maximum absolute atomic E-state index is 13.0. The van der Waals surface area contributed by atoms with Crippen molar-refractivity contribution in [1.82, 2.24) is 14.6 Å². The summed E-state index contributed by atoms with van der Waals surface area (Å²) in [5.41, 5.74) is 3.10. The van der Waals surface area contributed by atoms with E-state index in [-0.39, 0.29) is 11.9 Å². The summed E-state index contributed by atoms with van der Waals surface area (Å²) in [7, 11) is -3.48.